The summed E-state index contributed by atoms with van der Waals surface area (Å²) >= 11 is 4.95. The third-order valence-electron chi connectivity index (χ3n) is 3.91. The minimum atomic E-state index is 0.0388. The molecule has 1 heterocycles. The number of para-hydroxylation sites is 1. The van der Waals surface area contributed by atoms with E-state index in [2.05, 4.69) is 6.07 Å². The number of aryl methyl sites for hydroxylation is 1. The Kier molecular flexibility index (Phi) is 4.20. The largest absolute Gasteiger partial charge is 0.393 e. The average Bonchev–Trinajstić information content (AvgIpc) is 2.53. The monoisotopic (exact) mass is 310 g/mol. The molecular weight excluding hydrogens is 292 g/mol. The Bertz CT molecular complexity index is 727. The van der Waals surface area contributed by atoms with Crippen LogP contribution in [0.5, 0.6) is 0 Å². The van der Waals surface area contributed by atoms with Gasteiger partial charge in [0, 0.05) is 24.2 Å². The third-order valence-corrected chi connectivity index (χ3v) is 4.05. The molecule has 4 heteroatoms. The molecule has 0 fully saturated rings. The topological polar surface area (TPSA) is 46.3 Å². The van der Waals surface area contributed by atoms with E-state index in [4.69, 9.17) is 18.0 Å². The number of carbonyl (C=O) groups is 1. The van der Waals surface area contributed by atoms with Crippen LogP contribution in [0.3, 0.4) is 0 Å². The SMILES string of the molecule is NC(=S)Cc1cccc(C(=O)N2CCCc3ccccc32)c1. The van der Waals surface area contributed by atoms with Crippen LogP contribution in [0, 0.1) is 0 Å². The van der Waals surface area contributed by atoms with Gasteiger partial charge in [-0.3, -0.25) is 4.79 Å². The number of hydrogen-bond donors (Lipinski definition) is 1. The van der Waals surface area contributed by atoms with Gasteiger partial charge in [-0.1, -0.05) is 42.5 Å². The van der Waals surface area contributed by atoms with Gasteiger partial charge in [0.25, 0.3) is 5.91 Å². The van der Waals surface area contributed by atoms with E-state index in [1.807, 2.05) is 47.4 Å². The maximum atomic E-state index is 12.9. The van der Waals surface area contributed by atoms with Gasteiger partial charge in [0.05, 0.1) is 4.99 Å². The van der Waals surface area contributed by atoms with Crippen molar-refractivity contribution in [3.05, 3.63) is 65.2 Å². The first-order valence-electron chi connectivity index (χ1n) is 7.42. The van der Waals surface area contributed by atoms with E-state index in [0.717, 1.165) is 30.6 Å². The number of anilines is 1. The van der Waals surface area contributed by atoms with Crippen molar-refractivity contribution in [2.24, 2.45) is 5.73 Å². The molecule has 0 saturated heterocycles. The standard InChI is InChI=1S/C18H18N2OS/c19-17(22)12-13-5-3-7-15(11-13)18(21)20-10-4-8-14-6-1-2-9-16(14)20/h1-3,5-7,9,11H,4,8,10,12H2,(H2,19,22). The number of nitrogens with two attached hydrogens (primary N) is 1. The molecule has 2 N–H and O–H groups in total. The second-order valence-electron chi connectivity index (χ2n) is 5.53. The summed E-state index contributed by atoms with van der Waals surface area (Å²) < 4.78 is 0. The fraction of sp³-hybridized carbons (Fsp3) is 0.222. The summed E-state index contributed by atoms with van der Waals surface area (Å²) in [6.07, 6.45) is 2.55. The first-order chi connectivity index (χ1) is 10.6. The van der Waals surface area contributed by atoms with Crippen LogP contribution in [0.2, 0.25) is 0 Å². The van der Waals surface area contributed by atoms with E-state index in [1.54, 1.807) is 0 Å². The average molecular weight is 310 g/mol. The predicted octanol–water partition coefficient (Wildman–Crippen LogP) is 3.11. The molecule has 0 bridgehead atoms. The van der Waals surface area contributed by atoms with Crippen molar-refractivity contribution in [2.75, 3.05) is 11.4 Å². The van der Waals surface area contributed by atoms with Gasteiger partial charge in [0.2, 0.25) is 0 Å². The zero-order chi connectivity index (χ0) is 15.5. The van der Waals surface area contributed by atoms with E-state index >= 15 is 0 Å². The number of carbonyl (C=O) groups excluding carboxylic acids is 1. The van der Waals surface area contributed by atoms with Crippen LogP contribution in [0.1, 0.15) is 27.9 Å². The van der Waals surface area contributed by atoms with Crippen molar-refractivity contribution in [1.82, 2.24) is 0 Å². The normalized spacial score (nSPS) is 13.5. The predicted molar refractivity (Wildman–Crippen MR) is 93.4 cm³/mol. The molecule has 1 aliphatic rings. The zero-order valence-electron chi connectivity index (χ0n) is 12.3. The highest BCUT2D eigenvalue weighted by molar-refractivity contribution is 7.80. The van der Waals surface area contributed by atoms with E-state index < -0.39 is 0 Å². The van der Waals surface area contributed by atoms with Crippen LogP contribution >= 0.6 is 12.2 Å². The number of fused-ring (bicyclic) bond motifs is 1. The number of amides is 1. The highest BCUT2D eigenvalue weighted by Crippen LogP contribution is 2.28. The summed E-state index contributed by atoms with van der Waals surface area (Å²) in [4.78, 5) is 15.2. The Balaban J connectivity index is 1.90. The molecule has 0 spiro atoms. The fourth-order valence-corrected chi connectivity index (χ4v) is 3.08. The van der Waals surface area contributed by atoms with Crippen LogP contribution in [0.4, 0.5) is 5.69 Å². The molecule has 0 atom stereocenters. The molecular formula is C18H18N2OS. The van der Waals surface area contributed by atoms with Gasteiger partial charge in [-0.15, -0.1) is 0 Å². The first kappa shape index (κ1) is 14.7. The van der Waals surface area contributed by atoms with Crippen LogP contribution in [-0.4, -0.2) is 17.4 Å². The highest BCUT2D eigenvalue weighted by Gasteiger charge is 2.23. The quantitative estimate of drug-likeness (QED) is 0.886. The number of nitrogens with zero attached hydrogens (tertiary/aromatic N) is 1. The van der Waals surface area contributed by atoms with Crippen molar-refractivity contribution >= 4 is 28.8 Å². The maximum absolute atomic E-state index is 12.9. The highest BCUT2D eigenvalue weighted by atomic mass is 32.1. The van der Waals surface area contributed by atoms with E-state index in [0.29, 0.717) is 17.0 Å². The lowest BCUT2D eigenvalue weighted by Crippen LogP contribution is -2.35. The van der Waals surface area contributed by atoms with Gasteiger partial charge >= 0.3 is 0 Å². The summed E-state index contributed by atoms with van der Waals surface area (Å²) in [7, 11) is 0. The molecule has 0 radical (unpaired) electrons. The van der Waals surface area contributed by atoms with E-state index in [-0.39, 0.29) is 5.91 Å². The van der Waals surface area contributed by atoms with Crippen LogP contribution in [0.25, 0.3) is 0 Å². The lowest BCUT2D eigenvalue weighted by molar-refractivity contribution is 0.0985. The lowest BCUT2D eigenvalue weighted by Gasteiger charge is -2.29. The van der Waals surface area contributed by atoms with Gasteiger partial charge in [0.15, 0.2) is 0 Å². The van der Waals surface area contributed by atoms with Crippen molar-refractivity contribution < 1.29 is 4.79 Å². The van der Waals surface area contributed by atoms with Crippen molar-refractivity contribution in [3.63, 3.8) is 0 Å². The van der Waals surface area contributed by atoms with Gasteiger partial charge < -0.3 is 10.6 Å². The molecule has 112 valence electrons. The molecule has 1 aliphatic heterocycles. The second kappa shape index (κ2) is 6.28. The summed E-state index contributed by atoms with van der Waals surface area (Å²) in [5, 5.41) is 0. The molecule has 22 heavy (non-hydrogen) atoms. The summed E-state index contributed by atoms with van der Waals surface area (Å²) in [5.74, 6) is 0.0388. The molecule has 0 unspecified atom stereocenters. The Morgan fingerprint density at radius 3 is 2.82 bits per heavy atom. The van der Waals surface area contributed by atoms with Crippen molar-refractivity contribution in [2.45, 2.75) is 19.3 Å². The Labute approximate surface area is 135 Å². The van der Waals surface area contributed by atoms with Gasteiger partial charge in [-0.25, -0.2) is 0 Å². The molecule has 2 aromatic rings. The minimum absolute atomic E-state index is 0.0388. The molecule has 3 nitrogen and oxygen atoms in total. The fourth-order valence-electron chi connectivity index (χ4n) is 2.92. The van der Waals surface area contributed by atoms with Crippen LogP contribution < -0.4 is 10.6 Å². The molecule has 0 aliphatic carbocycles. The minimum Gasteiger partial charge on any atom is -0.393 e. The summed E-state index contributed by atoms with van der Waals surface area (Å²) in [6.45, 7) is 0.759. The molecule has 0 aromatic heterocycles. The number of thiocarbonyl (C=S) groups is 1. The number of hydrogen-bond acceptors (Lipinski definition) is 2. The molecule has 2 aromatic carbocycles. The Morgan fingerprint density at radius 1 is 1.18 bits per heavy atom. The number of benzene rings is 2. The summed E-state index contributed by atoms with van der Waals surface area (Å²) in [5.41, 5.74) is 9.52. The maximum Gasteiger partial charge on any atom is 0.258 e. The van der Waals surface area contributed by atoms with Gasteiger partial charge in [0.1, 0.15) is 0 Å². The van der Waals surface area contributed by atoms with Crippen LogP contribution in [0.15, 0.2) is 48.5 Å². The molecule has 0 saturated carbocycles. The third kappa shape index (κ3) is 3.02. The Morgan fingerprint density at radius 2 is 2.00 bits per heavy atom. The summed E-state index contributed by atoms with van der Waals surface area (Å²) in [6, 6.07) is 15.7. The van der Waals surface area contributed by atoms with Crippen LogP contribution in [-0.2, 0) is 12.8 Å². The second-order valence-corrected chi connectivity index (χ2v) is 6.06. The first-order valence-corrected chi connectivity index (χ1v) is 7.83. The Hall–Kier alpha value is -2.20. The molecule has 3 rings (SSSR count). The number of rotatable bonds is 3. The van der Waals surface area contributed by atoms with E-state index in [1.165, 1.54) is 5.56 Å². The lowest BCUT2D eigenvalue weighted by atomic mass is 10.00. The van der Waals surface area contributed by atoms with Gasteiger partial charge in [-0.2, -0.15) is 0 Å². The van der Waals surface area contributed by atoms with Crippen molar-refractivity contribution in [1.29, 1.82) is 0 Å². The zero-order valence-corrected chi connectivity index (χ0v) is 13.1. The van der Waals surface area contributed by atoms with Crippen molar-refractivity contribution in [3.8, 4) is 0 Å². The van der Waals surface area contributed by atoms with E-state index in [9.17, 15) is 4.79 Å². The smallest absolute Gasteiger partial charge is 0.258 e. The van der Waals surface area contributed by atoms with Gasteiger partial charge in [-0.05, 0) is 42.2 Å². The molecule has 1 amide bonds.